The van der Waals surface area contributed by atoms with Crippen LogP contribution in [-0.2, 0) is 9.59 Å². The minimum atomic E-state index is -0.790. The van der Waals surface area contributed by atoms with E-state index in [-0.39, 0.29) is 17.9 Å². The van der Waals surface area contributed by atoms with E-state index in [1.807, 2.05) is 27.7 Å². The molecule has 0 radical (unpaired) electrons. The molecule has 18 heavy (non-hydrogen) atoms. The maximum absolute atomic E-state index is 12.1. The van der Waals surface area contributed by atoms with Gasteiger partial charge in [-0.05, 0) is 25.2 Å². The first-order valence-corrected chi connectivity index (χ1v) is 6.83. The first-order valence-electron chi connectivity index (χ1n) is 6.83. The van der Waals surface area contributed by atoms with Gasteiger partial charge in [0.15, 0.2) is 0 Å². The molecule has 0 saturated heterocycles. The van der Waals surface area contributed by atoms with E-state index >= 15 is 0 Å². The molecule has 0 spiro atoms. The number of carboxylic acid groups (broad SMARTS) is 1. The molecule has 4 heteroatoms. The Kier molecular flexibility index (Phi) is 4.77. The lowest BCUT2D eigenvalue weighted by Crippen LogP contribution is -2.51. The minimum Gasteiger partial charge on any atom is -0.481 e. The van der Waals surface area contributed by atoms with Crippen molar-refractivity contribution in [3.8, 4) is 0 Å². The summed E-state index contributed by atoms with van der Waals surface area (Å²) in [6, 6.07) is -0.218. The molecule has 0 heterocycles. The molecule has 1 amide bonds. The maximum atomic E-state index is 12.1. The number of amides is 1. The standard InChI is InChI=1S/C14H25NO3/c1-5-14(3,4)13(18)15-10-8-6-7-9(2)11(10)12(16)17/h9-11H,5-8H2,1-4H3,(H,15,18)(H,16,17). The van der Waals surface area contributed by atoms with Gasteiger partial charge in [0.2, 0.25) is 5.91 Å². The molecule has 1 saturated carbocycles. The molecule has 104 valence electrons. The van der Waals surface area contributed by atoms with Crippen LogP contribution in [0.5, 0.6) is 0 Å². The zero-order valence-corrected chi connectivity index (χ0v) is 11.8. The fourth-order valence-electron chi connectivity index (χ4n) is 2.52. The van der Waals surface area contributed by atoms with E-state index in [1.54, 1.807) is 0 Å². The van der Waals surface area contributed by atoms with Crippen molar-refractivity contribution < 1.29 is 14.7 Å². The van der Waals surface area contributed by atoms with Gasteiger partial charge in [-0.3, -0.25) is 9.59 Å². The number of hydrogen-bond acceptors (Lipinski definition) is 2. The molecule has 0 aromatic carbocycles. The van der Waals surface area contributed by atoms with Gasteiger partial charge in [0.25, 0.3) is 0 Å². The van der Waals surface area contributed by atoms with Crippen LogP contribution in [-0.4, -0.2) is 23.0 Å². The van der Waals surface area contributed by atoms with Crippen LogP contribution in [0.2, 0.25) is 0 Å². The lowest BCUT2D eigenvalue weighted by atomic mass is 9.76. The molecule has 1 rings (SSSR count). The van der Waals surface area contributed by atoms with Crippen molar-refractivity contribution in [2.24, 2.45) is 17.3 Å². The summed E-state index contributed by atoms with van der Waals surface area (Å²) < 4.78 is 0. The van der Waals surface area contributed by atoms with Crippen molar-refractivity contribution in [1.82, 2.24) is 5.32 Å². The van der Waals surface area contributed by atoms with Gasteiger partial charge in [-0.15, -0.1) is 0 Å². The molecule has 4 nitrogen and oxygen atoms in total. The van der Waals surface area contributed by atoms with Crippen LogP contribution in [0.25, 0.3) is 0 Å². The summed E-state index contributed by atoms with van der Waals surface area (Å²) in [7, 11) is 0. The molecule has 0 aromatic heterocycles. The highest BCUT2D eigenvalue weighted by Crippen LogP contribution is 2.31. The average Bonchev–Trinajstić information content (AvgIpc) is 2.28. The van der Waals surface area contributed by atoms with Gasteiger partial charge in [0.05, 0.1) is 5.92 Å². The van der Waals surface area contributed by atoms with Crippen molar-refractivity contribution in [3.05, 3.63) is 0 Å². The number of carbonyl (C=O) groups is 2. The monoisotopic (exact) mass is 255 g/mol. The first-order chi connectivity index (χ1) is 8.29. The number of carboxylic acids is 1. The van der Waals surface area contributed by atoms with Crippen LogP contribution in [0.15, 0.2) is 0 Å². The summed E-state index contributed by atoms with van der Waals surface area (Å²) in [5.41, 5.74) is -0.427. The Bertz CT molecular complexity index is 325. The summed E-state index contributed by atoms with van der Waals surface area (Å²) >= 11 is 0. The van der Waals surface area contributed by atoms with E-state index in [0.29, 0.717) is 0 Å². The molecule has 1 fully saturated rings. The number of hydrogen-bond donors (Lipinski definition) is 2. The van der Waals surface area contributed by atoms with Gasteiger partial charge in [-0.1, -0.05) is 34.1 Å². The van der Waals surface area contributed by atoms with Gasteiger partial charge in [-0.25, -0.2) is 0 Å². The first kappa shape index (κ1) is 15.0. The summed E-state index contributed by atoms with van der Waals surface area (Å²) in [5, 5.41) is 12.3. The number of nitrogens with one attached hydrogen (secondary N) is 1. The largest absolute Gasteiger partial charge is 0.481 e. The van der Waals surface area contributed by atoms with Gasteiger partial charge in [-0.2, -0.15) is 0 Å². The van der Waals surface area contributed by atoms with Crippen LogP contribution in [0.1, 0.15) is 53.4 Å². The molecule has 1 aliphatic carbocycles. The molecule has 0 aromatic rings. The number of rotatable bonds is 4. The molecule has 0 aliphatic heterocycles. The Morgan fingerprint density at radius 1 is 1.33 bits per heavy atom. The van der Waals surface area contributed by atoms with Gasteiger partial charge < -0.3 is 10.4 Å². The van der Waals surface area contributed by atoms with Crippen LogP contribution in [0, 0.1) is 17.3 Å². The lowest BCUT2D eigenvalue weighted by molar-refractivity contribution is -0.146. The smallest absolute Gasteiger partial charge is 0.308 e. The highest BCUT2D eigenvalue weighted by molar-refractivity contribution is 5.83. The highest BCUT2D eigenvalue weighted by atomic mass is 16.4. The SMILES string of the molecule is CCC(C)(C)C(=O)NC1CCCC(C)C1C(=O)O. The highest BCUT2D eigenvalue weighted by Gasteiger charge is 2.38. The zero-order chi connectivity index (χ0) is 13.9. The predicted molar refractivity (Wildman–Crippen MR) is 70.1 cm³/mol. The summed E-state index contributed by atoms with van der Waals surface area (Å²) in [6.45, 7) is 7.72. The molecular weight excluding hydrogens is 230 g/mol. The van der Waals surface area contributed by atoms with Crippen LogP contribution in [0.4, 0.5) is 0 Å². The molecule has 1 aliphatic rings. The third kappa shape index (κ3) is 3.24. The Morgan fingerprint density at radius 3 is 2.44 bits per heavy atom. The Labute approximate surface area is 109 Å². The summed E-state index contributed by atoms with van der Waals surface area (Å²) in [6.07, 6.45) is 3.44. The number of carbonyl (C=O) groups excluding carboxylic acids is 1. The van der Waals surface area contributed by atoms with Crippen molar-refractivity contribution in [2.75, 3.05) is 0 Å². The number of aliphatic carboxylic acids is 1. The fraction of sp³-hybridized carbons (Fsp3) is 0.857. The third-order valence-corrected chi connectivity index (χ3v) is 4.32. The van der Waals surface area contributed by atoms with E-state index in [2.05, 4.69) is 5.32 Å². The average molecular weight is 255 g/mol. The molecule has 3 atom stereocenters. The van der Waals surface area contributed by atoms with Crippen molar-refractivity contribution in [3.63, 3.8) is 0 Å². The molecule has 3 unspecified atom stereocenters. The quantitative estimate of drug-likeness (QED) is 0.810. The summed E-state index contributed by atoms with van der Waals surface area (Å²) in [4.78, 5) is 23.5. The predicted octanol–water partition coefficient (Wildman–Crippen LogP) is 2.43. The second kappa shape index (κ2) is 5.72. The van der Waals surface area contributed by atoms with Crippen molar-refractivity contribution >= 4 is 11.9 Å². The zero-order valence-electron chi connectivity index (χ0n) is 11.8. The van der Waals surface area contributed by atoms with Crippen LogP contribution >= 0.6 is 0 Å². The maximum Gasteiger partial charge on any atom is 0.308 e. The molecular formula is C14H25NO3. The topological polar surface area (TPSA) is 66.4 Å². The van der Waals surface area contributed by atoms with Gasteiger partial charge in [0, 0.05) is 11.5 Å². The fourth-order valence-corrected chi connectivity index (χ4v) is 2.52. The summed E-state index contributed by atoms with van der Waals surface area (Å²) in [5.74, 6) is -1.14. The molecule has 0 bridgehead atoms. The van der Waals surface area contributed by atoms with E-state index in [9.17, 15) is 14.7 Å². The molecule has 2 N–H and O–H groups in total. The van der Waals surface area contributed by atoms with E-state index in [4.69, 9.17) is 0 Å². The Hall–Kier alpha value is -1.06. The normalized spacial score (nSPS) is 28.8. The second-order valence-electron chi connectivity index (χ2n) is 6.09. The van der Waals surface area contributed by atoms with Crippen LogP contribution < -0.4 is 5.32 Å². The second-order valence-corrected chi connectivity index (χ2v) is 6.09. The van der Waals surface area contributed by atoms with E-state index in [1.165, 1.54) is 0 Å². The van der Waals surface area contributed by atoms with Crippen LogP contribution in [0.3, 0.4) is 0 Å². The minimum absolute atomic E-state index is 0.0321. The van der Waals surface area contributed by atoms with Gasteiger partial charge >= 0.3 is 5.97 Å². The Morgan fingerprint density at radius 2 is 1.94 bits per heavy atom. The van der Waals surface area contributed by atoms with Gasteiger partial charge in [0.1, 0.15) is 0 Å². The van der Waals surface area contributed by atoms with E-state index in [0.717, 1.165) is 25.7 Å². The lowest BCUT2D eigenvalue weighted by Gasteiger charge is -2.36. The van der Waals surface area contributed by atoms with Crippen molar-refractivity contribution in [1.29, 1.82) is 0 Å². The Balaban J connectivity index is 2.75. The van der Waals surface area contributed by atoms with E-state index < -0.39 is 17.3 Å². The van der Waals surface area contributed by atoms with Crippen molar-refractivity contribution in [2.45, 2.75) is 59.4 Å². The third-order valence-electron chi connectivity index (χ3n) is 4.32.